The summed E-state index contributed by atoms with van der Waals surface area (Å²) in [6.07, 6.45) is 0. The zero-order valence-corrected chi connectivity index (χ0v) is 5.39. The van der Waals surface area contributed by atoms with E-state index in [9.17, 15) is 9.59 Å². The molecular weight excluding hydrogens is 152 g/mol. The van der Waals surface area contributed by atoms with Crippen LogP contribution in [0.4, 0.5) is 0 Å². The van der Waals surface area contributed by atoms with Gasteiger partial charge in [-0.3, -0.25) is 0 Å². The fourth-order valence-electron chi connectivity index (χ4n) is 0.186. The Bertz CT molecular complexity index is 110. The second kappa shape index (κ2) is 3.64. The quantitative estimate of drug-likeness (QED) is 0.306. The monoisotopic (exact) mass is 157 g/mol. The zero-order chi connectivity index (χ0) is 6.57. The van der Waals surface area contributed by atoms with Crippen LogP contribution in [0.1, 0.15) is 6.92 Å². The number of carbonyl (C=O) groups is 2. The van der Waals surface area contributed by atoms with Crippen molar-refractivity contribution in [2.24, 2.45) is 0 Å². The summed E-state index contributed by atoms with van der Waals surface area (Å²) in [4.78, 5) is 20.1. The molecule has 3 nitrogen and oxygen atoms in total. The van der Waals surface area contributed by atoms with E-state index in [0.29, 0.717) is 0 Å². The van der Waals surface area contributed by atoms with Gasteiger partial charge in [-0.15, -0.1) is 0 Å². The van der Waals surface area contributed by atoms with Gasteiger partial charge in [0, 0.05) is 0 Å². The first kappa shape index (κ1) is 7.66. The summed E-state index contributed by atoms with van der Waals surface area (Å²) in [5.41, 5.74) is 0. The van der Waals surface area contributed by atoms with Crippen molar-refractivity contribution in [2.45, 2.75) is 12.2 Å². The van der Waals surface area contributed by atoms with Gasteiger partial charge in [0.2, 0.25) is 0 Å². The maximum absolute atomic E-state index is 10.1. The van der Waals surface area contributed by atoms with Gasteiger partial charge in [0.25, 0.3) is 0 Å². The molecule has 0 unspecified atom stereocenters. The molecule has 0 aromatic carbocycles. The van der Waals surface area contributed by atoms with Crippen LogP contribution in [-0.2, 0) is 30.3 Å². The van der Waals surface area contributed by atoms with Crippen LogP contribution >= 0.6 is 0 Å². The van der Waals surface area contributed by atoms with Crippen LogP contribution in [-0.4, -0.2) is 11.9 Å². The van der Waals surface area contributed by atoms with E-state index in [0.717, 1.165) is 0 Å². The minimum absolute atomic E-state index is 0.000417. The molecule has 0 aromatic heterocycles. The summed E-state index contributed by atoms with van der Waals surface area (Å²) in [7, 11) is 0. The predicted molar refractivity (Wildman–Crippen MR) is 21.6 cm³/mol. The van der Waals surface area contributed by atoms with Gasteiger partial charge in [0.05, 0.1) is 0 Å². The molecule has 0 aliphatic carbocycles. The van der Waals surface area contributed by atoms with Gasteiger partial charge in [-0.05, 0) is 0 Å². The van der Waals surface area contributed by atoms with Crippen molar-refractivity contribution in [1.82, 2.24) is 0 Å². The Morgan fingerprint density at radius 2 is 2.12 bits per heavy atom. The minimum atomic E-state index is -0.586. The molecule has 8 heavy (non-hydrogen) atoms. The number of esters is 2. The second-order valence-corrected chi connectivity index (χ2v) is 1.48. The average molecular weight is 157 g/mol. The molecule has 0 fully saturated rings. The molecule has 4 heteroatoms. The third-order valence-corrected chi connectivity index (χ3v) is 0.678. The van der Waals surface area contributed by atoms with Gasteiger partial charge < -0.3 is 0 Å². The summed E-state index contributed by atoms with van der Waals surface area (Å²) < 4.78 is 4.06. The first-order valence-corrected chi connectivity index (χ1v) is 2.70. The Balaban J connectivity index is 3.40. The van der Waals surface area contributed by atoms with Crippen LogP contribution in [0.2, 0.25) is 5.32 Å². The maximum atomic E-state index is 10.1. The van der Waals surface area contributed by atoms with Gasteiger partial charge in [-0.25, -0.2) is 0 Å². The first-order chi connectivity index (χ1) is 3.66. The Labute approximate surface area is 55.2 Å². The van der Waals surface area contributed by atoms with Gasteiger partial charge in [-0.1, -0.05) is 0 Å². The molecule has 47 valence electrons. The molecule has 0 atom stereocenters. The molecule has 0 N–H and O–H groups in total. The topological polar surface area (TPSA) is 43.4 Å². The molecule has 0 saturated heterocycles. The molecule has 0 bridgehead atoms. The van der Waals surface area contributed by atoms with E-state index in [2.05, 4.69) is 20.7 Å². The van der Waals surface area contributed by atoms with E-state index >= 15 is 0 Å². The van der Waals surface area contributed by atoms with Crippen molar-refractivity contribution in [2.75, 3.05) is 0 Å². The summed E-state index contributed by atoms with van der Waals surface area (Å²) in [6, 6.07) is 0. The molecule has 0 radical (unpaired) electrons. The summed E-state index contributed by atoms with van der Waals surface area (Å²) in [5, 5.41) is -0.000417. The van der Waals surface area contributed by atoms with E-state index in [-0.39, 0.29) is 5.32 Å². The van der Waals surface area contributed by atoms with E-state index in [1.54, 1.807) is 0 Å². The third kappa shape index (κ3) is 3.84. The van der Waals surface area contributed by atoms with E-state index in [1.807, 2.05) is 0 Å². The number of carbonyl (C=O) groups excluding carboxylic acids is 2. The van der Waals surface area contributed by atoms with E-state index in [1.165, 1.54) is 6.92 Å². The number of hydrogen-bond acceptors (Lipinski definition) is 3. The van der Waals surface area contributed by atoms with Gasteiger partial charge >= 0.3 is 54.5 Å². The molecule has 0 heterocycles. The molecule has 0 amide bonds. The Hall–Kier alpha value is -0.341. The fourth-order valence-corrected chi connectivity index (χ4v) is 0.266. The van der Waals surface area contributed by atoms with Gasteiger partial charge in [0.15, 0.2) is 0 Å². The Kier molecular flexibility index (Phi) is 3.48. The van der Waals surface area contributed by atoms with E-state index < -0.39 is 11.9 Å². The van der Waals surface area contributed by atoms with Gasteiger partial charge in [0.1, 0.15) is 0 Å². The van der Waals surface area contributed by atoms with Crippen LogP contribution in [0.3, 0.4) is 0 Å². The molecule has 0 saturated carbocycles. The van der Waals surface area contributed by atoms with Crippen LogP contribution < -0.4 is 0 Å². The molecule has 0 aromatic rings. The molecular formula is C4H5FeO3. The molecule has 0 rings (SSSR count). The average Bonchev–Trinajstić information content (AvgIpc) is 1.65. The summed E-state index contributed by atoms with van der Waals surface area (Å²) in [6.45, 7) is 1.17. The zero-order valence-electron chi connectivity index (χ0n) is 4.29. The predicted octanol–water partition coefficient (Wildman–Crippen LogP) is 0.0412. The van der Waals surface area contributed by atoms with Crippen molar-refractivity contribution in [3.05, 3.63) is 0 Å². The molecule has 0 spiro atoms. The third-order valence-electron chi connectivity index (χ3n) is 0.360. The second-order valence-electron chi connectivity index (χ2n) is 1.09. The van der Waals surface area contributed by atoms with Crippen LogP contribution in [0.15, 0.2) is 0 Å². The first-order valence-electron chi connectivity index (χ1n) is 1.92. The summed E-state index contributed by atoms with van der Waals surface area (Å²) in [5.74, 6) is -1.17. The van der Waals surface area contributed by atoms with Crippen LogP contribution in [0.25, 0.3) is 0 Å². The Morgan fingerprint density at radius 3 is 2.25 bits per heavy atom. The van der Waals surface area contributed by atoms with Crippen molar-refractivity contribution in [3.8, 4) is 0 Å². The van der Waals surface area contributed by atoms with Crippen LogP contribution in [0.5, 0.6) is 0 Å². The molecule has 0 aliphatic heterocycles. The Morgan fingerprint density at radius 1 is 1.62 bits per heavy atom. The van der Waals surface area contributed by atoms with Crippen molar-refractivity contribution >= 4 is 11.9 Å². The van der Waals surface area contributed by atoms with Crippen molar-refractivity contribution < 1.29 is 30.3 Å². The van der Waals surface area contributed by atoms with E-state index in [4.69, 9.17) is 0 Å². The van der Waals surface area contributed by atoms with Gasteiger partial charge in [-0.2, -0.15) is 0 Å². The number of ether oxygens (including phenoxy) is 1. The number of rotatable bonds is 1. The fraction of sp³-hybridized carbons (Fsp3) is 0.500. The SMILES string of the molecule is CC(=O)OC(=O)[CH2][Fe]. The normalized spacial score (nSPS) is 8.25. The molecule has 0 aliphatic rings. The number of hydrogen-bond donors (Lipinski definition) is 0. The van der Waals surface area contributed by atoms with Crippen molar-refractivity contribution in [3.63, 3.8) is 0 Å². The summed E-state index contributed by atoms with van der Waals surface area (Å²) >= 11 is 3.21. The van der Waals surface area contributed by atoms with Crippen LogP contribution in [0, 0.1) is 0 Å². The standard InChI is InChI=1S/C4H5O3.Fe/c1-3(5)7-4(2)6;/h1H2,2H3;. The van der Waals surface area contributed by atoms with Crippen molar-refractivity contribution in [1.29, 1.82) is 0 Å².